The summed E-state index contributed by atoms with van der Waals surface area (Å²) >= 11 is 1.46. The molecule has 7 heteroatoms. The van der Waals surface area contributed by atoms with Crippen molar-refractivity contribution in [2.45, 2.75) is 46.1 Å². The lowest BCUT2D eigenvalue weighted by molar-refractivity contribution is -0.142. The monoisotopic (exact) mass is 323 g/mol. The summed E-state index contributed by atoms with van der Waals surface area (Å²) in [5.41, 5.74) is 0.851. The molecule has 1 atom stereocenters. The van der Waals surface area contributed by atoms with Gasteiger partial charge in [-0.2, -0.15) is 0 Å². The molecule has 0 bridgehead atoms. The molecule has 0 aliphatic rings. The van der Waals surface area contributed by atoms with Crippen LogP contribution in [0.2, 0.25) is 0 Å². The number of fused-ring (bicyclic) bond motifs is 1. The number of imidazole rings is 1. The lowest BCUT2D eigenvalue weighted by atomic mass is 9.88. The van der Waals surface area contributed by atoms with Gasteiger partial charge in [-0.05, 0) is 18.3 Å². The highest BCUT2D eigenvalue weighted by molar-refractivity contribution is 7.15. The molecule has 2 rings (SSSR count). The normalized spacial score (nSPS) is 13.2. The summed E-state index contributed by atoms with van der Waals surface area (Å²) < 4.78 is 1.84. The number of hydrogen-bond acceptors (Lipinski definition) is 4. The second-order valence-corrected chi connectivity index (χ2v) is 7.38. The Morgan fingerprint density at radius 3 is 2.82 bits per heavy atom. The Hall–Kier alpha value is -1.89. The maximum Gasteiger partial charge on any atom is 0.326 e. The zero-order chi connectivity index (χ0) is 16.3. The number of nitrogens with one attached hydrogen (secondary N) is 1. The van der Waals surface area contributed by atoms with Gasteiger partial charge in [0.05, 0.1) is 6.42 Å². The Morgan fingerprint density at radius 2 is 2.18 bits per heavy atom. The minimum absolute atomic E-state index is 0.0365. The second kappa shape index (κ2) is 6.48. The molecule has 2 aromatic rings. The van der Waals surface area contributed by atoms with Crippen molar-refractivity contribution in [1.82, 2.24) is 14.7 Å². The van der Waals surface area contributed by atoms with Crippen LogP contribution in [0.1, 0.15) is 39.3 Å². The zero-order valence-corrected chi connectivity index (χ0v) is 13.8. The van der Waals surface area contributed by atoms with E-state index < -0.39 is 12.0 Å². The molecule has 2 aromatic heterocycles. The van der Waals surface area contributed by atoms with Crippen molar-refractivity contribution in [3.05, 3.63) is 23.5 Å². The Labute approximate surface area is 133 Å². The molecule has 6 nitrogen and oxygen atoms in total. The third-order valence-electron chi connectivity index (χ3n) is 3.37. The highest BCUT2D eigenvalue weighted by Crippen LogP contribution is 2.22. The number of thiazole rings is 1. The molecule has 1 unspecified atom stereocenters. The van der Waals surface area contributed by atoms with Gasteiger partial charge < -0.3 is 10.4 Å². The summed E-state index contributed by atoms with van der Waals surface area (Å²) in [5.74, 6) is -1.27. The molecular weight excluding hydrogens is 302 g/mol. The van der Waals surface area contributed by atoms with Gasteiger partial charge in [0, 0.05) is 23.5 Å². The van der Waals surface area contributed by atoms with Crippen LogP contribution in [0.3, 0.4) is 0 Å². The first-order valence-corrected chi connectivity index (χ1v) is 8.06. The number of aliphatic carboxylic acids is 1. The van der Waals surface area contributed by atoms with Crippen LogP contribution in [0.5, 0.6) is 0 Å². The number of carboxylic acids is 1. The highest BCUT2D eigenvalue weighted by atomic mass is 32.1. The van der Waals surface area contributed by atoms with E-state index in [0.29, 0.717) is 6.42 Å². The number of carbonyl (C=O) groups excluding carboxylic acids is 1. The summed E-state index contributed by atoms with van der Waals surface area (Å²) in [4.78, 5) is 28.4. The van der Waals surface area contributed by atoms with Crippen molar-refractivity contribution in [3.63, 3.8) is 0 Å². The number of aromatic nitrogens is 2. The quantitative estimate of drug-likeness (QED) is 0.854. The van der Waals surface area contributed by atoms with Crippen LogP contribution in [0.25, 0.3) is 4.96 Å². The van der Waals surface area contributed by atoms with Crippen molar-refractivity contribution in [2.24, 2.45) is 5.41 Å². The number of hydrogen-bond donors (Lipinski definition) is 2. The van der Waals surface area contributed by atoms with E-state index in [-0.39, 0.29) is 17.7 Å². The van der Waals surface area contributed by atoms with Crippen molar-refractivity contribution < 1.29 is 14.7 Å². The van der Waals surface area contributed by atoms with Crippen LogP contribution in [0, 0.1) is 5.41 Å². The van der Waals surface area contributed by atoms with Gasteiger partial charge in [0.25, 0.3) is 0 Å². The molecule has 0 fully saturated rings. The SMILES string of the molecule is CC(C)(C)CCC(NC(=O)Cc1csc2nccn12)C(=O)O. The molecule has 0 aliphatic carbocycles. The zero-order valence-electron chi connectivity index (χ0n) is 13.0. The van der Waals surface area contributed by atoms with Crippen molar-refractivity contribution in [3.8, 4) is 0 Å². The summed E-state index contributed by atoms with van der Waals surface area (Å²) in [6.07, 6.45) is 4.78. The number of amides is 1. The van der Waals surface area contributed by atoms with E-state index in [2.05, 4.69) is 31.1 Å². The average molecular weight is 323 g/mol. The van der Waals surface area contributed by atoms with E-state index >= 15 is 0 Å². The molecule has 0 spiro atoms. The molecule has 0 aromatic carbocycles. The second-order valence-electron chi connectivity index (χ2n) is 6.54. The molecule has 0 aliphatic heterocycles. The third-order valence-corrected chi connectivity index (χ3v) is 4.28. The molecule has 22 heavy (non-hydrogen) atoms. The first-order chi connectivity index (χ1) is 10.3. The van der Waals surface area contributed by atoms with Gasteiger partial charge in [0.1, 0.15) is 6.04 Å². The van der Waals surface area contributed by atoms with Crippen LogP contribution in [0.4, 0.5) is 0 Å². The lowest BCUT2D eigenvalue weighted by Crippen LogP contribution is -2.42. The Morgan fingerprint density at radius 1 is 1.45 bits per heavy atom. The fourth-order valence-electron chi connectivity index (χ4n) is 2.14. The van der Waals surface area contributed by atoms with E-state index in [0.717, 1.165) is 17.1 Å². The minimum Gasteiger partial charge on any atom is -0.480 e. The molecule has 1 amide bonds. The van der Waals surface area contributed by atoms with Crippen molar-refractivity contribution >= 4 is 28.2 Å². The first kappa shape index (κ1) is 16.5. The number of nitrogens with zero attached hydrogens (tertiary/aromatic N) is 2. The summed E-state index contributed by atoms with van der Waals surface area (Å²) in [6.45, 7) is 6.15. The first-order valence-electron chi connectivity index (χ1n) is 7.18. The number of carboxylic acid groups (broad SMARTS) is 1. The van der Waals surface area contributed by atoms with Crippen LogP contribution < -0.4 is 5.32 Å². The Bertz CT molecular complexity index is 669. The molecule has 0 saturated carbocycles. The maximum absolute atomic E-state index is 12.1. The fourth-order valence-corrected chi connectivity index (χ4v) is 3.00. The van der Waals surface area contributed by atoms with E-state index in [1.54, 1.807) is 12.4 Å². The molecule has 0 saturated heterocycles. The van der Waals surface area contributed by atoms with Gasteiger partial charge in [-0.1, -0.05) is 20.8 Å². The van der Waals surface area contributed by atoms with E-state index in [4.69, 9.17) is 0 Å². The molecule has 2 N–H and O–H groups in total. The van der Waals surface area contributed by atoms with Gasteiger partial charge in [-0.25, -0.2) is 9.78 Å². The topological polar surface area (TPSA) is 83.7 Å². The molecular formula is C15H21N3O3S. The van der Waals surface area contributed by atoms with Gasteiger partial charge in [0.15, 0.2) is 4.96 Å². The van der Waals surface area contributed by atoms with E-state index in [9.17, 15) is 14.7 Å². The van der Waals surface area contributed by atoms with Gasteiger partial charge in [-0.3, -0.25) is 9.20 Å². The smallest absolute Gasteiger partial charge is 0.326 e. The Kier molecular flexibility index (Phi) is 4.85. The lowest BCUT2D eigenvalue weighted by Gasteiger charge is -2.21. The maximum atomic E-state index is 12.1. The third kappa shape index (κ3) is 4.30. The highest BCUT2D eigenvalue weighted by Gasteiger charge is 2.23. The predicted octanol–water partition coefficient (Wildman–Crippen LogP) is 2.33. The van der Waals surface area contributed by atoms with Crippen LogP contribution >= 0.6 is 11.3 Å². The molecule has 0 radical (unpaired) electrons. The number of rotatable bonds is 6. The Balaban J connectivity index is 1.96. The van der Waals surface area contributed by atoms with Crippen molar-refractivity contribution in [1.29, 1.82) is 0 Å². The summed E-state index contributed by atoms with van der Waals surface area (Å²) in [7, 11) is 0. The van der Waals surface area contributed by atoms with Gasteiger partial charge >= 0.3 is 5.97 Å². The average Bonchev–Trinajstić information content (AvgIpc) is 2.98. The standard InChI is InChI=1S/C15H21N3O3S/c1-15(2,3)5-4-11(13(20)21)17-12(19)8-10-9-22-14-16-6-7-18(10)14/h6-7,9,11H,4-5,8H2,1-3H3,(H,17,19)(H,20,21). The van der Waals surface area contributed by atoms with Gasteiger partial charge in [0.2, 0.25) is 5.91 Å². The summed E-state index contributed by atoms with van der Waals surface area (Å²) in [5, 5.41) is 13.7. The van der Waals surface area contributed by atoms with Crippen molar-refractivity contribution in [2.75, 3.05) is 0 Å². The fraction of sp³-hybridized carbons (Fsp3) is 0.533. The minimum atomic E-state index is -0.990. The van der Waals surface area contributed by atoms with Crippen LogP contribution in [0.15, 0.2) is 17.8 Å². The predicted molar refractivity (Wildman–Crippen MR) is 85.0 cm³/mol. The van der Waals surface area contributed by atoms with Crippen LogP contribution in [-0.2, 0) is 16.0 Å². The van der Waals surface area contributed by atoms with Crippen LogP contribution in [-0.4, -0.2) is 32.4 Å². The van der Waals surface area contributed by atoms with Gasteiger partial charge in [-0.15, -0.1) is 11.3 Å². The summed E-state index contributed by atoms with van der Waals surface area (Å²) in [6, 6.07) is -0.844. The van der Waals surface area contributed by atoms with E-state index in [1.807, 2.05) is 9.78 Å². The van der Waals surface area contributed by atoms with E-state index in [1.165, 1.54) is 11.3 Å². The molecule has 2 heterocycles. The largest absolute Gasteiger partial charge is 0.480 e. The number of carbonyl (C=O) groups is 2. The molecule has 120 valence electrons.